The number of nitrogens with zero attached hydrogens (tertiary/aromatic N) is 1. The van der Waals surface area contributed by atoms with E-state index in [1.807, 2.05) is 0 Å². The Labute approximate surface area is 114 Å². The van der Waals surface area contributed by atoms with E-state index in [0.717, 1.165) is 23.9 Å². The van der Waals surface area contributed by atoms with Gasteiger partial charge in [0.25, 0.3) is 0 Å². The molecule has 1 N–H and O–H groups in total. The summed E-state index contributed by atoms with van der Waals surface area (Å²) < 4.78 is 0. The van der Waals surface area contributed by atoms with Crippen LogP contribution < -0.4 is 5.32 Å². The lowest BCUT2D eigenvalue weighted by Crippen LogP contribution is -2.46. The highest BCUT2D eigenvalue weighted by Gasteiger charge is 2.32. The van der Waals surface area contributed by atoms with Gasteiger partial charge in [-0.2, -0.15) is 0 Å². The molecule has 2 saturated carbocycles. The van der Waals surface area contributed by atoms with Crippen LogP contribution in [0.25, 0.3) is 0 Å². The maximum atomic E-state index is 3.62. The topological polar surface area (TPSA) is 15.3 Å². The maximum Gasteiger partial charge on any atom is 0.0220 e. The summed E-state index contributed by atoms with van der Waals surface area (Å²) in [5.41, 5.74) is 0. The third-order valence-corrected chi connectivity index (χ3v) is 4.68. The Morgan fingerprint density at radius 1 is 1.00 bits per heavy atom. The van der Waals surface area contributed by atoms with Crippen molar-refractivity contribution in [3.8, 4) is 0 Å². The lowest BCUT2D eigenvalue weighted by Gasteiger charge is -2.35. The van der Waals surface area contributed by atoms with Crippen LogP contribution in [0.1, 0.15) is 58.8 Å². The molecule has 2 aliphatic rings. The van der Waals surface area contributed by atoms with Gasteiger partial charge in [0, 0.05) is 25.2 Å². The molecule has 0 aromatic heterocycles. The van der Waals surface area contributed by atoms with Crippen molar-refractivity contribution in [1.82, 2.24) is 10.2 Å². The van der Waals surface area contributed by atoms with Gasteiger partial charge in [-0.15, -0.1) is 0 Å². The van der Waals surface area contributed by atoms with Gasteiger partial charge in [0.05, 0.1) is 0 Å². The smallest absolute Gasteiger partial charge is 0.0220 e. The molecule has 0 aromatic carbocycles. The van der Waals surface area contributed by atoms with Crippen LogP contribution in [0.2, 0.25) is 0 Å². The Morgan fingerprint density at radius 3 is 2.17 bits per heavy atom. The second-order valence-corrected chi connectivity index (χ2v) is 6.87. The zero-order chi connectivity index (χ0) is 13.0. The second kappa shape index (κ2) is 6.91. The van der Waals surface area contributed by atoms with Crippen LogP contribution in [0.4, 0.5) is 0 Å². The van der Waals surface area contributed by atoms with Crippen LogP contribution in [-0.2, 0) is 0 Å². The van der Waals surface area contributed by atoms with Gasteiger partial charge >= 0.3 is 0 Å². The quantitative estimate of drug-likeness (QED) is 0.748. The predicted molar refractivity (Wildman–Crippen MR) is 78.9 cm³/mol. The molecule has 2 rings (SSSR count). The Hall–Kier alpha value is -0.0800. The minimum absolute atomic E-state index is 0.727. The molecule has 1 unspecified atom stereocenters. The standard InChI is InChI=1S/C16H32N2/c1-13(2)11-18(15-9-10-15)12-16(17-3)14-7-5-4-6-8-14/h13-17H,4-12H2,1-3H3. The zero-order valence-electron chi connectivity index (χ0n) is 12.6. The molecule has 106 valence electrons. The monoisotopic (exact) mass is 252 g/mol. The third-order valence-electron chi connectivity index (χ3n) is 4.68. The molecule has 0 spiro atoms. The van der Waals surface area contributed by atoms with Crippen molar-refractivity contribution in [2.24, 2.45) is 11.8 Å². The predicted octanol–water partition coefficient (Wildman–Crippen LogP) is 3.28. The Morgan fingerprint density at radius 2 is 1.67 bits per heavy atom. The van der Waals surface area contributed by atoms with Gasteiger partial charge < -0.3 is 5.32 Å². The number of hydrogen-bond donors (Lipinski definition) is 1. The largest absolute Gasteiger partial charge is 0.315 e. The van der Waals surface area contributed by atoms with Crippen molar-refractivity contribution in [3.63, 3.8) is 0 Å². The fraction of sp³-hybridized carbons (Fsp3) is 1.00. The molecule has 2 fully saturated rings. The first-order valence-electron chi connectivity index (χ1n) is 8.12. The summed E-state index contributed by atoms with van der Waals surface area (Å²) in [6.45, 7) is 7.27. The van der Waals surface area contributed by atoms with E-state index in [9.17, 15) is 0 Å². The van der Waals surface area contributed by atoms with Crippen LogP contribution in [0.5, 0.6) is 0 Å². The lowest BCUT2D eigenvalue weighted by atomic mass is 9.83. The van der Waals surface area contributed by atoms with Gasteiger partial charge in [-0.25, -0.2) is 0 Å². The molecular weight excluding hydrogens is 220 g/mol. The minimum atomic E-state index is 0.727. The summed E-state index contributed by atoms with van der Waals surface area (Å²) in [6, 6.07) is 1.64. The second-order valence-electron chi connectivity index (χ2n) is 6.87. The summed E-state index contributed by atoms with van der Waals surface area (Å²) in [7, 11) is 2.17. The van der Waals surface area contributed by atoms with Crippen molar-refractivity contribution >= 4 is 0 Å². The van der Waals surface area contributed by atoms with Crippen molar-refractivity contribution in [1.29, 1.82) is 0 Å². The molecular formula is C16H32N2. The SMILES string of the molecule is CNC(CN(CC(C)C)C1CC1)C1CCCCC1. The molecule has 0 radical (unpaired) electrons. The van der Waals surface area contributed by atoms with Gasteiger partial charge in [-0.1, -0.05) is 33.1 Å². The fourth-order valence-electron chi connectivity index (χ4n) is 3.55. The van der Waals surface area contributed by atoms with Gasteiger partial charge in [-0.05, 0) is 44.6 Å². The van der Waals surface area contributed by atoms with Crippen LogP contribution in [0.15, 0.2) is 0 Å². The molecule has 0 bridgehead atoms. The zero-order valence-corrected chi connectivity index (χ0v) is 12.6. The van der Waals surface area contributed by atoms with Crippen LogP contribution in [-0.4, -0.2) is 37.1 Å². The van der Waals surface area contributed by atoms with Crippen LogP contribution in [0.3, 0.4) is 0 Å². The molecule has 2 nitrogen and oxygen atoms in total. The number of nitrogens with one attached hydrogen (secondary N) is 1. The molecule has 18 heavy (non-hydrogen) atoms. The number of hydrogen-bond acceptors (Lipinski definition) is 2. The van der Waals surface area contributed by atoms with Crippen LogP contribution >= 0.6 is 0 Å². The van der Waals surface area contributed by atoms with E-state index in [4.69, 9.17) is 0 Å². The van der Waals surface area contributed by atoms with Gasteiger partial charge in [0.2, 0.25) is 0 Å². The van der Waals surface area contributed by atoms with Crippen molar-refractivity contribution in [2.75, 3.05) is 20.1 Å². The average molecular weight is 252 g/mol. The molecule has 0 aliphatic heterocycles. The normalized spacial score (nSPS) is 23.8. The Kier molecular flexibility index (Phi) is 5.50. The summed E-state index contributed by atoms with van der Waals surface area (Å²) in [4.78, 5) is 2.76. The van der Waals surface area contributed by atoms with E-state index in [-0.39, 0.29) is 0 Å². The highest BCUT2D eigenvalue weighted by Crippen LogP contribution is 2.31. The first-order valence-corrected chi connectivity index (χ1v) is 8.12. The molecule has 1 atom stereocenters. The first kappa shape index (κ1) is 14.3. The van der Waals surface area contributed by atoms with Gasteiger partial charge in [0.15, 0.2) is 0 Å². The molecule has 2 aliphatic carbocycles. The van der Waals surface area contributed by atoms with Gasteiger partial charge in [-0.3, -0.25) is 4.90 Å². The van der Waals surface area contributed by atoms with E-state index in [2.05, 4.69) is 31.1 Å². The minimum Gasteiger partial charge on any atom is -0.315 e. The van der Waals surface area contributed by atoms with E-state index in [1.165, 1.54) is 58.0 Å². The maximum absolute atomic E-state index is 3.62. The molecule has 2 heteroatoms. The summed E-state index contributed by atoms with van der Waals surface area (Å²) in [5, 5.41) is 3.62. The third kappa shape index (κ3) is 4.24. The summed E-state index contributed by atoms with van der Waals surface area (Å²) >= 11 is 0. The number of rotatable bonds is 7. The molecule has 0 heterocycles. The summed E-state index contributed by atoms with van der Waals surface area (Å²) in [5.74, 6) is 1.73. The highest BCUT2D eigenvalue weighted by molar-refractivity contribution is 4.89. The molecule has 0 saturated heterocycles. The number of likely N-dealkylation sites (N-methyl/N-ethyl adjacent to an activating group) is 1. The van der Waals surface area contributed by atoms with Crippen LogP contribution in [0, 0.1) is 11.8 Å². The molecule has 0 aromatic rings. The Balaban J connectivity index is 1.85. The highest BCUT2D eigenvalue weighted by atomic mass is 15.2. The lowest BCUT2D eigenvalue weighted by molar-refractivity contribution is 0.169. The van der Waals surface area contributed by atoms with Gasteiger partial charge in [0.1, 0.15) is 0 Å². The first-order chi connectivity index (χ1) is 8.70. The van der Waals surface area contributed by atoms with E-state index < -0.39 is 0 Å². The average Bonchev–Trinajstić information content (AvgIpc) is 3.19. The van der Waals surface area contributed by atoms with Crippen molar-refractivity contribution in [3.05, 3.63) is 0 Å². The molecule has 0 amide bonds. The summed E-state index contributed by atoms with van der Waals surface area (Å²) in [6.07, 6.45) is 10.2. The fourth-order valence-corrected chi connectivity index (χ4v) is 3.55. The van der Waals surface area contributed by atoms with E-state index in [0.29, 0.717) is 0 Å². The van der Waals surface area contributed by atoms with E-state index in [1.54, 1.807) is 0 Å². The van der Waals surface area contributed by atoms with Crippen molar-refractivity contribution < 1.29 is 0 Å². The van der Waals surface area contributed by atoms with Crippen molar-refractivity contribution in [2.45, 2.75) is 70.9 Å². The van der Waals surface area contributed by atoms with E-state index >= 15 is 0 Å². The Bertz CT molecular complexity index is 229.